The molecular weight excluding hydrogens is 484 g/mol. The highest BCUT2D eigenvalue weighted by molar-refractivity contribution is 7.92. The van der Waals surface area contributed by atoms with Gasteiger partial charge in [0.2, 0.25) is 0 Å². The number of likely N-dealkylation sites (N-methyl/N-ethyl adjacent to an activating group) is 2. The lowest BCUT2D eigenvalue weighted by atomic mass is 10.2. The lowest BCUT2D eigenvalue weighted by Gasteiger charge is -2.33. The van der Waals surface area contributed by atoms with Crippen LogP contribution in [0.15, 0.2) is 41.3 Å². The summed E-state index contributed by atoms with van der Waals surface area (Å²) in [6, 6.07) is 10.1. The number of halogens is 1. The first-order valence-corrected chi connectivity index (χ1v) is 13.3. The molecule has 1 heterocycles. The minimum absolute atomic E-state index is 0.185. The smallest absolute Gasteiger partial charge is 0.298 e. The lowest BCUT2D eigenvalue weighted by molar-refractivity contribution is -0.124. The maximum absolute atomic E-state index is 13.4. The highest BCUT2D eigenvalue weighted by atomic mass is 35.5. The number of aryl methyl sites for hydroxylation is 2. The largest absolute Gasteiger partial charge is 0.334 e. The van der Waals surface area contributed by atoms with Crippen LogP contribution in [0, 0.1) is 25.7 Å². The highest BCUT2D eigenvalue weighted by Crippen LogP contribution is 2.29. The maximum Gasteiger partial charge on any atom is 0.298 e. The molecule has 1 aliphatic heterocycles. The van der Waals surface area contributed by atoms with Gasteiger partial charge >= 0.3 is 0 Å². The molecule has 0 aliphatic carbocycles. The molecule has 35 heavy (non-hydrogen) atoms. The van der Waals surface area contributed by atoms with Gasteiger partial charge in [0, 0.05) is 69.9 Å². The summed E-state index contributed by atoms with van der Waals surface area (Å²) in [6.45, 7) is 8.91. The standard InChI is InChI=1S/C26H33ClN4O3S/c1-20-19-25(21(2)18-23(20)27)35(33,34)30(5)24-9-7-6-8-22(24)10-11-26(32)29(4)14-17-31-15-12-28(3)13-16-31/h6-9,18-19H,12-17H2,1-5H3. The average molecular weight is 517 g/mol. The van der Waals surface area contributed by atoms with Crippen LogP contribution in [-0.2, 0) is 14.8 Å². The van der Waals surface area contributed by atoms with Crippen LogP contribution in [0.1, 0.15) is 16.7 Å². The number of carbonyl (C=O) groups excluding carboxylic acids is 1. The van der Waals surface area contributed by atoms with E-state index >= 15 is 0 Å². The molecule has 0 aromatic heterocycles. The molecule has 1 aliphatic rings. The number of hydrogen-bond acceptors (Lipinski definition) is 5. The molecule has 1 fully saturated rings. The molecule has 7 nitrogen and oxygen atoms in total. The zero-order valence-corrected chi connectivity index (χ0v) is 22.6. The molecule has 0 N–H and O–H groups in total. The third-order valence-electron chi connectivity index (χ3n) is 6.34. The van der Waals surface area contributed by atoms with Crippen LogP contribution >= 0.6 is 11.6 Å². The number of benzene rings is 2. The molecule has 0 unspecified atom stereocenters. The van der Waals surface area contributed by atoms with Crippen molar-refractivity contribution in [1.29, 1.82) is 0 Å². The number of carbonyl (C=O) groups is 1. The summed E-state index contributed by atoms with van der Waals surface area (Å²) in [5.74, 6) is 5.27. The summed E-state index contributed by atoms with van der Waals surface area (Å²) in [4.78, 5) is 19.1. The molecule has 188 valence electrons. The number of sulfonamides is 1. The first-order valence-electron chi connectivity index (χ1n) is 11.5. The van der Waals surface area contributed by atoms with Crippen molar-refractivity contribution in [1.82, 2.24) is 14.7 Å². The van der Waals surface area contributed by atoms with Gasteiger partial charge in [0.05, 0.1) is 10.6 Å². The maximum atomic E-state index is 13.4. The fraction of sp³-hybridized carbons (Fsp3) is 0.423. The van der Waals surface area contributed by atoms with Gasteiger partial charge in [-0.1, -0.05) is 29.7 Å². The van der Waals surface area contributed by atoms with E-state index in [0.29, 0.717) is 33.9 Å². The predicted molar refractivity (Wildman–Crippen MR) is 141 cm³/mol. The van der Waals surface area contributed by atoms with Gasteiger partial charge in [0.25, 0.3) is 15.9 Å². The molecule has 9 heteroatoms. The van der Waals surface area contributed by atoms with Crippen LogP contribution in [0.5, 0.6) is 0 Å². The minimum Gasteiger partial charge on any atom is -0.334 e. The normalized spacial score (nSPS) is 14.8. The second-order valence-corrected chi connectivity index (χ2v) is 11.3. The Labute approximate surface area is 214 Å². The van der Waals surface area contributed by atoms with Crippen molar-refractivity contribution in [2.24, 2.45) is 0 Å². The number of anilines is 1. The summed E-state index contributed by atoms with van der Waals surface area (Å²) in [5, 5.41) is 0.519. The van der Waals surface area contributed by atoms with Gasteiger partial charge in [-0.25, -0.2) is 8.42 Å². The Kier molecular flexibility index (Phi) is 8.84. The van der Waals surface area contributed by atoms with Crippen LogP contribution in [0.25, 0.3) is 0 Å². The molecular formula is C26H33ClN4O3S. The third kappa shape index (κ3) is 6.56. The van der Waals surface area contributed by atoms with E-state index in [1.807, 2.05) is 0 Å². The van der Waals surface area contributed by atoms with Crippen molar-refractivity contribution in [3.8, 4) is 11.8 Å². The van der Waals surface area contributed by atoms with Crippen LogP contribution in [0.3, 0.4) is 0 Å². The minimum atomic E-state index is -3.86. The molecule has 0 spiro atoms. The lowest BCUT2D eigenvalue weighted by Crippen LogP contribution is -2.47. The van der Waals surface area contributed by atoms with Crippen LogP contribution in [-0.4, -0.2) is 89.4 Å². The Morgan fingerprint density at radius 1 is 1.06 bits per heavy atom. The van der Waals surface area contributed by atoms with Crippen LogP contribution in [0.2, 0.25) is 5.02 Å². The van der Waals surface area contributed by atoms with Crippen molar-refractivity contribution in [3.05, 3.63) is 58.1 Å². The molecule has 3 rings (SSSR count). The van der Waals surface area contributed by atoms with Crippen molar-refractivity contribution in [3.63, 3.8) is 0 Å². The van der Waals surface area contributed by atoms with Crippen LogP contribution in [0.4, 0.5) is 5.69 Å². The fourth-order valence-corrected chi connectivity index (χ4v) is 5.57. The second-order valence-electron chi connectivity index (χ2n) is 8.98. The highest BCUT2D eigenvalue weighted by Gasteiger charge is 2.25. The SMILES string of the molecule is Cc1cc(S(=O)(=O)N(C)c2ccccc2C#CC(=O)N(C)CCN2CCN(C)CC2)c(C)cc1Cl. The van der Waals surface area contributed by atoms with E-state index in [4.69, 9.17) is 11.6 Å². The van der Waals surface area contributed by atoms with Crippen LogP contribution < -0.4 is 4.31 Å². The van der Waals surface area contributed by atoms with Crippen molar-refractivity contribution >= 4 is 33.2 Å². The van der Waals surface area contributed by atoms with Gasteiger partial charge in [0.1, 0.15) is 0 Å². The number of nitrogens with zero attached hydrogens (tertiary/aromatic N) is 4. The van der Waals surface area contributed by atoms with Crippen molar-refractivity contribution in [2.75, 3.05) is 64.7 Å². The van der Waals surface area contributed by atoms with Gasteiger partial charge in [-0.3, -0.25) is 14.0 Å². The third-order valence-corrected chi connectivity index (χ3v) is 8.66. The average Bonchev–Trinajstić information content (AvgIpc) is 2.83. The molecule has 0 atom stereocenters. The van der Waals surface area contributed by atoms with Crippen molar-refractivity contribution < 1.29 is 13.2 Å². The summed E-state index contributed by atoms with van der Waals surface area (Å²) >= 11 is 6.16. The van der Waals surface area contributed by atoms with Gasteiger partial charge in [0.15, 0.2) is 0 Å². The molecule has 2 aromatic carbocycles. The zero-order chi connectivity index (χ0) is 25.8. The van der Waals surface area contributed by atoms with Gasteiger partial charge in [-0.05, 0) is 56.3 Å². The van der Waals surface area contributed by atoms with Gasteiger partial charge < -0.3 is 9.80 Å². The Bertz CT molecular complexity index is 1240. The predicted octanol–water partition coefficient (Wildman–Crippen LogP) is 2.84. The monoisotopic (exact) mass is 516 g/mol. The Hall–Kier alpha value is -2.57. The Balaban J connectivity index is 1.76. The summed E-state index contributed by atoms with van der Waals surface area (Å²) < 4.78 is 28.0. The molecule has 0 saturated carbocycles. The number of para-hydroxylation sites is 1. The van der Waals surface area contributed by atoms with E-state index in [2.05, 4.69) is 28.7 Å². The molecule has 1 saturated heterocycles. The summed E-state index contributed by atoms with van der Waals surface area (Å²) in [5.41, 5.74) is 2.11. The first kappa shape index (κ1) is 27.0. The number of piperazine rings is 1. The number of amides is 1. The Morgan fingerprint density at radius 3 is 2.40 bits per heavy atom. The fourth-order valence-electron chi connectivity index (χ4n) is 3.84. The van der Waals surface area contributed by atoms with E-state index in [9.17, 15) is 13.2 Å². The van der Waals surface area contributed by atoms with E-state index in [1.165, 1.54) is 11.4 Å². The molecule has 0 radical (unpaired) electrons. The second kappa shape index (κ2) is 11.4. The van der Waals surface area contributed by atoms with E-state index in [0.717, 1.165) is 32.7 Å². The van der Waals surface area contributed by atoms with E-state index < -0.39 is 10.0 Å². The van der Waals surface area contributed by atoms with E-state index in [1.54, 1.807) is 62.2 Å². The molecule has 1 amide bonds. The quantitative estimate of drug-likeness (QED) is 0.552. The molecule has 0 bridgehead atoms. The summed E-state index contributed by atoms with van der Waals surface area (Å²) in [6.07, 6.45) is 0. The summed E-state index contributed by atoms with van der Waals surface area (Å²) in [7, 11) is 1.48. The van der Waals surface area contributed by atoms with Gasteiger partial charge in [-0.15, -0.1) is 0 Å². The zero-order valence-electron chi connectivity index (χ0n) is 21.0. The van der Waals surface area contributed by atoms with Gasteiger partial charge in [-0.2, -0.15) is 0 Å². The number of hydrogen-bond donors (Lipinski definition) is 0. The van der Waals surface area contributed by atoms with E-state index in [-0.39, 0.29) is 10.8 Å². The van der Waals surface area contributed by atoms with Crippen molar-refractivity contribution in [2.45, 2.75) is 18.7 Å². The Morgan fingerprint density at radius 2 is 1.71 bits per heavy atom. The molecule has 2 aromatic rings. The topological polar surface area (TPSA) is 64.2 Å². The number of rotatable bonds is 6. The first-order chi connectivity index (χ1) is 16.5.